The zero-order valence-corrected chi connectivity index (χ0v) is 8.28. The number of alkyl halides is 1. The number of hydrogen-bond acceptors (Lipinski definition) is 3. The van der Waals surface area contributed by atoms with E-state index in [0.29, 0.717) is 0 Å². The number of halogens is 2. The smallest absolute Gasteiger partial charge is 0.554 e. The molecular weight excluding hydrogens is 178 g/mol. The van der Waals surface area contributed by atoms with Crippen LogP contribution in [0.2, 0.25) is 0 Å². The van der Waals surface area contributed by atoms with Crippen molar-refractivity contribution in [2.45, 2.75) is 0 Å². The Morgan fingerprint density at radius 1 is 1.67 bits per heavy atom. The van der Waals surface area contributed by atoms with E-state index in [-0.39, 0.29) is 35.4 Å². The topological polar surface area (TPSA) is 57.2 Å². The maximum absolute atomic E-state index is 9.45. The van der Waals surface area contributed by atoms with E-state index in [1.807, 2.05) is 0 Å². The molecule has 0 aliphatic rings. The van der Waals surface area contributed by atoms with Gasteiger partial charge in [0.25, 0.3) is 0 Å². The third-order valence-corrected chi connectivity index (χ3v) is 0.618. The van der Waals surface area contributed by atoms with Gasteiger partial charge in [-0.15, -0.1) is 11.6 Å². The Morgan fingerprint density at radius 3 is 1.78 bits per heavy atom. The van der Waals surface area contributed by atoms with Crippen molar-refractivity contribution in [1.29, 1.82) is 0 Å². The quantitative estimate of drug-likeness (QED) is 0.181. The molecule has 0 bridgehead atoms. The first-order valence-electron chi connectivity index (χ1n) is 1.49. The summed E-state index contributed by atoms with van der Waals surface area (Å²) in [6.45, 7) is -0.500. The molecule has 6 heteroatoms. The summed E-state index contributed by atoms with van der Waals surface area (Å²) in [5.74, 6) is -0.0957. The molecule has 9 heavy (non-hydrogen) atoms. The van der Waals surface area contributed by atoms with Gasteiger partial charge < -0.3 is 9.90 Å². The van der Waals surface area contributed by atoms with Crippen molar-refractivity contribution >= 4 is 34.9 Å². The molecule has 0 aromatic heterocycles. The zero-order valence-electron chi connectivity index (χ0n) is 4.77. The van der Waals surface area contributed by atoms with Crippen LogP contribution in [0.3, 0.4) is 0 Å². The van der Waals surface area contributed by atoms with Gasteiger partial charge in [-0.05, 0) is 11.6 Å². The predicted octanol–water partition coefficient (Wildman–Crippen LogP) is -3.64. The Kier molecular flexibility index (Phi) is 28.9. The van der Waals surface area contributed by atoms with E-state index in [2.05, 4.69) is 0 Å². The fourth-order valence-corrected chi connectivity index (χ4v) is 0. The Bertz CT molecular complexity index is 77.5. The van der Waals surface area contributed by atoms with Gasteiger partial charge in [-0.2, -0.15) is 0 Å². The van der Waals surface area contributed by atoms with Crippen LogP contribution in [0.25, 0.3) is 0 Å². The molecule has 0 heterocycles. The van der Waals surface area contributed by atoms with Crippen LogP contribution in [-0.2, 0) is 9.59 Å². The summed E-state index contributed by atoms with van der Waals surface area (Å²) < 4.78 is 0. The summed E-state index contributed by atoms with van der Waals surface area (Å²) in [5.41, 5.74) is 0. The fraction of sp³-hybridized carbons (Fsp3) is 0.333. The summed E-state index contributed by atoms with van der Waals surface area (Å²) in [6.07, 6.45) is 0. The van der Waals surface area contributed by atoms with Gasteiger partial charge in [0, 0.05) is 6.47 Å². The fourth-order valence-electron chi connectivity index (χ4n) is 0. The third-order valence-electron chi connectivity index (χ3n) is 0.105. The first kappa shape index (κ1) is 16.4. The summed E-state index contributed by atoms with van der Waals surface area (Å²) in [6, 6.07) is 0. The number of carboxylic acid groups (broad SMARTS) is 1. The minimum absolute atomic E-state index is 0. The second kappa shape index (κ2) is 15.9. The second-order valence-corrected chi connectivity index (χ2v) is 1.27. The SMILES string of the molecule is O=C(Cl)CCl.O=C[O-].[Na+]. The normalized spacial score (nSPS) is 5.56. The molecule has 0 unspecified atom stereocenters. The molecule has 0 rings (SSSR count). The third kappa shape index (κ3) is 53.2. The van der Waals surface area contributed by atoms with E-state index in [1.165, 1.54) is 0 Å². The monoisotopic (exact) mass is 180 g/mol. The molecule has 0 saturated carbocycles. The summed E-state index contributed by atoms with van der Waals surface area (Å²) in [5, 5.41) is 7.74. The molecular formula is C3H3Cl2NaO3. The van der Waals surface area contributed by atoms with Crippen molar-refractivity contribution in [3.05, 3.63) is 0 Å². The molecule has 0 aromatic carbocycles. The van der Waals surface area contributed by atoms with Crippen molar-refractivity contribution in [3.63, 3.8) is 0 Å². The van der Waals surface area contributed by atoms with Crippen LogP contribution in [0.15, 0.2) is 0 Å². The Hall–Kier alpha value is 0.720. The molecule has 0 radical (unpaired) electrons. The molecule has 0 amide bonds. The zero-order chi connectivity index (χ0) is 6.99. The Labute approximate surface area is 84.6 Å². The summed E-state index contributed by atoms with van der Waals surface area (Å²) in [7, 11) is 0. The van der Waals surface area contributed by atoms with Crippen molar-refractivity contribution in [2.24, 2.45) is 0 Å². The van der Waals surface area contributed by atoms with Gasteiger partial charge in [-0.3, -0.25) is 4.79 Å². The second-order valence-electron chi connectivity index (χ2n) is 0.585. The van der Waals surface area contributed by atoms with Gasteiger partial charge in [-0.1, -0.05) is 0 Å². The number of carbonyl (C=O) groups is 2. The van der Waals surface area contributed by atoms with Crippen molar-refractivity contribution in [1.82, 2.24) is 0 Å². The first-order chi connectivity index (χ1) is 3.68. The summed E-state index contributed by atoms with van der Waals surface area (Å²) in [4.78, 5) is 17.7. The van der Waals surface area contributed by atoms with Crippen LogP contribution in [0.4, 0.5) is 0 Å². The molecule has 0 saturated heterocycles. The molecule has 48 valence electrons. The van der Waals surface area contributed by atoms with Gasteiger partial charge in [0.15, 0.2) is 0 Å². The average molecular weight is 181 g/mol. The van der Waals surface area contributed by atoms with E-state index < -0.39 is 11.7 Å². The standard InChI is InChI=1S/C2H2Cl2O.CH2O2.Na/c3-1-2(4)5;2-1-3;/h1H2;1H,(H,2,3);/q;;+1/p-1. The average Bonchev–Trinajstić information content (AvgIpc) is 1.69. The van der Waals surface area contributed by atoms with Crippen molar-refractivity contribution in [2.75, 3.05) is 5.88 Å². The Balaban J connectivity index is -0.0000000800. The van der Waals surface area contributed by atoms with E-state index >= 15 is 0 Å². The van der Waals surface area contributed by atoms with Gasteiger partial charge in [-0.25, -0.2) is 0 Å². The van der Waals surface area contributed by atoms with Crippen molar-refractivity contribution < 1.29 is 44.3 Å². The Morgan fingerprint density at radius 2 is 1.78 bits per heavy atom. The van der Waals surface area contributed by atoms with Gasteiger partial charge in [0.2, 0.25) is 5.24 Å². The maximum atomic E-state index is 9.45. The predicted molar refractivity (Wildman–Crippen MR) is 27.6 cm³/mol. The van der Waals surface area contributed by atoms with E-state index in [1.54, 1.807) is 0 Å². The van der Waals surface area contributed by atoms with Gasteiger partial charge in [0.1, 0.15) is 0 Å². The minimum atomic E-state index is -0.508. The molecule has 0 N–H and O–H groups in total. The van der Waals surface area contributed by atoms with E-state index in [9.17, 15) is 4.79 Å². The first-order valence-corrected chi connectivity index (χ1v) is 2.40. The van der Waals surface area contributed by atoms with Crippen LogP contribution in [0, 0.1) is 0 Å². The van der Waals surface area contributed by atoms with Gasteiger partial charge in [0.05, 0.1) is 5.88 Å². The molecule has 0 aliphatic carbocycles. The largest absolute Gasteiger partial charge is 1.00 e. The molecule has 0 spiro atoms. The van der Waals surface area contributed by atoms with Gasteiger partial charge >= 0.3 is 29.6 Å². The van der Waals surface area contributed by atoms with Crippen LogP contribution in [0.1, 0.15) is 0 Å². The van der Waals surface area contributed by atoms with Crippen LogP contribution in [0.5, 0.6) is 0 Å². The van der Waals surface area contributed by atoms with Crippen LogP contribution in [-0.4, -0.2) is 17.6 Å². The van der Waals surface area contributed by atoms with E-state index in [0.717, 1.165) is 0 Å². The number of hydrogen-bond donors (Lipinski definition) is 0. The number of carbonyl (C=O) groups excluding carboxylic acids is 2. The maximum Gasteiger partial charge on any atom is 1.00 e. The molecule has 0 fully saturated rings. The minimum Gasteiger partial charge on any atom is -0.554 e. The van der Waals surface area contributed by atoms with Crippen LogP contribution >= 0.6 is 23.2 Å². The summed E-state index contributed by atoms with van der Waals surface area (Å²) >= 11 is 9.55. The molecule has 0 aliphatic heterocycles. The van der Waals surface area contributed by atoms with E-state index in [4.69, 9.17) is 33.1 Å². The van der Waals surface area contributed by atoms with Crippen molar-refractivity contribution in [3.8, 4) is 0 Å². The van der Waals surface area contributed by atoms with Crippen LogP contribution < -0.4 is 34.7 Å². The molecule has 0 aromatic rings. The molecule has 0 atom stereocenters. The molecule has 3 nitrogen and oxygen atoms in total. The number of rotatable bonds is 1.